The Morgan fingerprint density at radius 1 is 1.00 bits per heavy atom. The second-order valence-electron chi connectivity index (χ2n) is 7.97. The summed E-state index contributed by atoms with van der Waals surface area (Å²) in [5, 5.41) is 20.5. The van der Waals surface area contributed by atoms with Crippen molar-refractivity contribution < 1.29 is 19.7 Å². The molecule has 2 aromatic carbocycles. The van der Waals surface area contributed by atoms with Gasteiger partial charge < -0.3 is 19.7 Å². The van der Waals surface area contributed by atoms with Crippen LogP contribution in [0.4, 0.5) is 0 Å². The number of methoxy groups -OCH3 is 1. The number of ether oxygens (including phenoxy) is 2. The summed E-state index contributed by atoms with van der Waals surface area (Å²) in [4.78, 5) is 0. The van der Waals surface area contributed by atoms with Crippen molar-refractivity contribution in [2.75, 3.05) is 13.7 Å². The Labute approximate surface area is 212 Å². The van der Waals surface area contributed by atoms with Crippen molar-refractivity contribution in [3.05, 3.63) is 69.7 Å². The molecule has 2 fully saturated rings. The maximum absolute atomic E-state index is 10.3. The smallest absolute Gasteiger partial charge is 0.197 e. The van der Waals surface area contributed by atoms with E-state index in [0.717, 1.165) is 17.0 Å². The topological polar surface area (TPSA) is 58.9 Å². The number of aliphatic hydroxyl groups excluding tert-OH is 2. The van der Waals surface area contributed by atoms with E-state index in [1.165, 1.54) is 24.0 Å². The van der Waals surface area contributed by atoms with Crippen molar-refractivity contribution in [3.63, 3.8) is 0 Å². The summed E-state index contributed by atoms with van der Waals surface area (Å²) in [6.07, 6.45) is 2.97. The summed E-state index contributed by atoms with van der Waals surface area (Å²) >= 11 is 6.48. The van der Waals surface area contributed by atoms with E-state index in [1.807, 2.05) is 59.7 Å². The third-order valence-electron chi connectivity index (χ3n) is 5.84. The molecule has 0 radical (unpaired) electrons. The van der Waals surface area contributed by atoms with Gasteiger partial charge in [-0.25, -0.2) is 0 Å². The molecule has 34 heavy (non-hydrogen) atoms. The van der Waals surface area contributed by atoms with Crippen molar-refractivity contribution in [2.45, 2.75) is 97.6 Å². The van der Waals surface area contributed by atoms with Crippen LogP contribution in [0.5, 0.6) is 0 Å². The molecular formula is C29H45ClO4. The molecule has 3 atom stereocenters. The lowest BCUT2D eigenvalue weighted by atomic mass is 9.90. The van der Waals surface area contributed by atoms with E-state index in [9.17, 15) is 10.2 Å². The largest absolute Gasteiger partial charge is 0.394 e. The van der Waals surface area contributed by atoms with E-state index in [0.29, 0.717) is 24.3 Å². The van der Waals surface area contributed by atoms with Crippen LogP contribution in [0.2, 0.25) is 5.02 Å². The van der Waals surface area contributed by atoms with Crippen LogP contribution in [-0.4, -0.2) is 36.1 Å². The van der Waals surface area contributed by atoms with Crippen molar-refractivity contribution in [1.82, 2.24) is 0 Å². The summed E-state index contributed by atoms with van der Waals surface area (Å²) in [7, 11) is 1.57. The lowest BCUT2D eigenvalue weighted by molar-refractivity contribution is -0.298. The Bertz CT molecular complexity index is 819. The predicted molar refractivity (Wildman–Crippen MR) is 143 cm³/mol. The molecule has 2 aliphatic rings. The molecular weight excluding hydrogens is 448 g/mol. The van der Waals surface area contributed by atoms with Gasteiger partial charge >= 0.3 is 0 Å². The molecule has 0 amide bonds. The highest BCUT2D eigenvalue weighted by Crippen LogP contribution is 2.41. The van der Waals surface area contributed by atoms with Gasteiger partial charge in [0.1, 0.15) is 0 Å². The highest BCUT2D eigenvalue weighted by atomic mass is 35.5. The average Bonchev–Trinajstić information content (AvgIpc) is 3.74. The Hall–Kier alpha value is -1.43. The second kappa shape index (κ2) is 15.5. The molecule has 1 aliphatic carbocycles. The molecule has 1 aliphatic heterocycles. The minimum absolute atomic E-state index is 0.157. The molecule has 1 saturated carbocycles. The molecule has 1 saturated heterocycles. The molecule has 0 bridgehead atoms. The monoisotopic (exact) mass is 492 g/mol. The summed E-state index contributed by atoms with van der Waals surface area (Å²) in [6, 6.07) is 14.5. The molecule has 0 aromatic heterocycles. The quantitative estimate of drug-likeness (QED) is 0.447. The van der Waals surface area contributed by atoms with Crippen molar-refractivity contribution >= 4 is 11.6 Å². The van der Waals surface area contributed by atoms with Crippen LogP contribution in [0.1, 0.15) is 95.4 Å². The predicted octanol–water partition coefficient (Wildman–Crippen LogP) is 7.22. The van der Waals surface area contributed by atoms with Gasteiger partial charge in [-0.1, -0.05) is 83.5 Å². The summed E-state index contributed by atoms with van der Waals surface area (Å²) < 4.78 is 11.8. The zero-order chi connectivity index (χ0) is 25.7. The molecule has 2 N–H and O–H groups in total. The second-order valence-corrected chi connectivity index (χ2v) is 8.38. The fraction of sp³-hybridized carbons (Fsp3) is 0.586. The van der Waals surface area contributed by atoms with E-state index < -0.39 is 18.0 Å². The number of aliphatic hydroxyl groups is 2. The minimum Gasteiger partial charge on any atom is -0.394 e. The fourth-order valence-corrected chi connectivity index (χ4v) is 4.29. The molecule has 4 rings (SSSR count). The van der Waals surface area contributed by atoms with Crippen LogP contribution >= 0.6 is 11.6 Å². The highest BCUT2D eigenvalue weighted by Gasteiger charge is 2.43. The van der Waals surface area contributed by atoms with Gasteiger partial charge in [-0.2, -0.15) is 0 Å². The van der Waals surface area contributed by atoms with Gasteiger partial charge in [-0.3, -0.25) is 0 Å². The summed E-state index contributed by atoms with van der Waals surface area (Å²) in [5.74, 6) is -0.336. The van der Waals surface area contributed by atoms with Crippen LogP contribution in [-0.2, 0) is 21.7 Å². The van der Waals surface area contributed by atoms with Crippen molar-refractivity contribution in [3.8, 4) is 0 Å². The summed E-state index contributed by atoms with van der Waals surface area (Å²) in [6.45, 7) is 11.8. The van der Waals surface area contributed by atoms with Gasteiger partial charge in [0.2, 0.25) is 0 Å². The van der Waals surface area contributed by atoms with E-state index in [-0.39, 0.29) is 6.61 Å². The lowest BCUT2D eigenvalue weighted by Crippen LogP contribution is -2.46. The van der Waals surface area contributed by atoms with Crippen molar-refractivity contribution in [1.29, 1.82) is 0 Å². The van der Waals surface area contributed by atoms with Crippen LogP contribution < -0.4 is 0 Å². The molecule has 5 heteroatoms. The van der Waals surface area contributed by atoms with E-state index in [1.54, 1.807) is 7.11 Å². The number of rotatable bonds is 6. The van der Waals surface area contributed by atoms with Gasteiger partial charge in [0.25, 0.3) is 0 Å². The maximum Gasteiger partial charge on any atom is 0.197 e. The number of benzene rings is 2. The van der Waals surface area contributed by atoms with Gasteiger partial charge in [0.05, 0.1) is 18.8 Å². The lowest BCUT2D eigenvalue weighted by Gasteiger charge is -2.42. The first-order valence-corrected chi connectivity index (χ1v) is 13.3. The molecule has 1 heterocycles. The molecule has 3 unspecified atom stereocenters. The molecule has 0 spiro atoms. The zero-order valence-corrected chi connectivity index (χ0v) is 22.9. The fourth-order valence-electron chi connectivity index (χ4n) is 4.10. The number of halogens is 1. The highest BCUT2D eigenvalue weighted by molar-refractivity contribution is 6.31. The maximum atomic E-state index is 10.3. The number of hydrogen-bond donors (Lipinski definition) is 2. The van der Waals surface area contributed by atoms with Crippen LogP contribution in [0.25, 0.3) is 0 Å². The van der Waals surface area contributed by atoms with Crippen LogP contribution in [0.15, 0.2) is 42.5 Å². The Balaban J connectivity index is 0.000000894. The van der Waals surface area contributed by atoms with Gasteiger partial charge in [-0.05, 0) is 54.0 Å². The Morgan fingerprint density at radius 3 is 2.15 bits per heavy atom. The van der Waals surface area contributed by atoms with Gasteiger partial charge in [-0.15, -0.1) is 0 Å². The Kier molecular flexibility index (Phi) is 14.0. The third kappa shape index (κ3) is 8.07. The molecule has 4 nitrogen and oxygen atoms in total. The zero-order valence-electron chi connectivity index (χ0n) is 22.1. The first-order valence-electron chi connectivity index (χ1n) is 12.9. The first kappa shape index (κ1) is 30.6. The SMILES string of the molecule is CC.CC.CC.COC1(c2ccc(Cl)c(Cc3ccc(C4CC4)cc3)c2)CC(O)CC(CO)O1. The standard InChI is InChI=1S/C23H27ClO4.3C2H6/c1-27-23(13-20(26)12-21(14-25)28-23)19-8-9-22(24)18(11-19)10-15-2-4-16(5-3-15)17-6-7-17;3*1-2/h2-5,8-9,11,17,20-21,25-26H,6-7,10,12-14H2,1H3;3*1-2H3. The van der Waals surface area contributed by atoms with Crippen LogP contribution in [0, 0.1) is 0 Å². The molecule has 192 valence electrons. The van der Waals surface area contributed by atoms with E-state index in [2.05, 4.69) is 24.3 Å². The Morgan fingerprint density at radius 2 is 1.62 bits per heavy atom. The average molecular weight is 493 g/mol. The third-order valence-corrected chi connectivity index (χ3v) is 6.21. The normalized spacial score (nSPS) is 23.4. The summed E-state index contributed by atoms with van der Waals surface area (Å²) in [5.41, 5.74) is 4.41. The molecule has 2 aromatic rings. The van der Waals surface area contributed by atoms with Gasteiger partial charge in [0, 0.05) is 30.5 Å². The van der Waals surface area contributed by atoms with E-state index in [4.69, 9.17) is 21.1 Å². The first-order chi connectivity index (χ1) is 16.5. The van der Waals surface area contributed by atoms with Gasteiger partial charge in [0.15, 0.2) is 5.79 Å². The minimum atomic E-state index is -1.08. The van der Waals surface area contributed by atoms with Crippen molar-refractivity contribution in [2.24, 2.45) is 0 Å². The van der Waals surface area contributed by atoms with E-state index >= 15 is 0 Å². The number of hydrogen-bond acceptors (Lipinski definition) is 4. The van der Waals surface area contributed by atoms with Crippen LogP contribution in [0.3, 0.4) is 0 Å².